The Labute approximate surface area is 213 Å². The summed E-state index contributed by atoms with van der Waals surface area (Å²) >= 11 is 12.9. The maximum Gasteiger partial charge on any atom is 0.318 e. The second-order valence-electron chi connectivity index (χ2n) is 8.67. The highest BCUT2D eigenvalue weighted by molar-refractivity contribution is 6.37. The fraction of sp³-hybridized carbons (Fsp3) is 0.269. The average molecular weight is 510 g/mol. The van der Waals surface area contributed by atoms with Crippen LogP contribution < -0.4 is 15.8 Å². The van der Waals surface area contributed by atoms with E-state index in [9.17, 15) is 4.79 Å². The molecule has 0 radical (unpaired) electrons. The minimum absolute atomic E-state index is 0.109. The quantitative estimate of drug-likeness (QED) is 0.444. The summed E-state index contributed by atoms with van der Waals surface area (Å²) < 4.78 is 6.07. The van der Waals surface area contributed by atoms with Crippen molar-refractivity contribution in [2.45, 2.75) is 38.4 Å². The van der Waals surface area contributed by atoms with Crippen LogP contribution in [-0.4, -0.2) is 33.5 Å². The van der Waals surface area contributed by atoms with Crippen LogP contribution in [-0.2, 0) is 13.1 Å². The monoisotopic (exact) mass is 509 g/mol. The molecule has 1 fully saturated rings. The van der Waals surface area contributed by atoms with Gasteiger partial charge in [-0.2, -0.15) is 0 Å². The van der Waals surface area contributed by atoms with E-state index in [-0.39, 0.29) is 18.0 Å². The van der Waals surface area contributed by atoms with Crippen LogP contribution in [0.5, 0.6) is 5.75 Å². The zero-order valence-electron chi connectivity index (χ0n) is 19.0. The van der Waals surface area contributed by atoms with Crippen LogP contribution in [0, 0.1) is 0 Å². The van der Waals surface area contributed by atoms with E-state index < -0.39 is 0 Å². The average Bonchev–Trinajstić information content (AvgIpc) is 3.23. The largest absolute Gasteiger partial charge is 0.489 e. The first-order chi connectivity index (χ1) is 17.0. The first kappa shape index (κ1) is 23.5. The van der Waals surface area contributed by atoms with E-state index in [0.717, 1.165) is 30.4 Å². The van der Waals surface area contributed by atoms with Gasteiger partial charge in [-0.25, -0.2) is 14.8 Å². The lowest BCUT2D eigenvalue weighted by molar-refractivity contribution is 0.186. The molecule has 9 heteroatoms. The molecule has 3 N–H and O–H groups in total. The third-order valence-corrected chi connectivity index (χ3v) is 6.74. The van der Waals surface area contributed by atoms with E-state index in [4.69, 9.17) is 33.7 Å². The Morgan fingerprint density at radius 3 is 2.71 bits per heavy atom. The molecular formula is C26H25Cl2N5O2. The van der Waals surface area contributed by atoms with Gasteiger partial charge in [-0.15, -0.1) is 0 Å². The number of urea groups is 1. The third kappa shape index (κ3) is 5.21. The number of carbonyl (C=O) groups excluding carboxylic acids is 1. The Kier molecular flexibility index (Phi) is 6.79. The summed E-state index contributed by atoms with van der Waals surface area (Å²) in [6, 6.07) is 13.4. The molecule has 3 aromatic rings. The van der Waals surface area contributed by atoms with Crippen molar-refractivity contribution in [2.24, 2.45) is 0 Å². The van der Waals surface area contributed by atoms with E-state index in [1.807, 2.05) is 42.5 Å². The van der Waals surface area contributed by atoms with Gasteiger partial charge in [-0.3, -0.25) is 0 Å². The number of aromatic nitrogens is 2. The predicted octanol–water partition coefficient (Wildman–Crippen LogP) is 5.70. The zero-order chi connectivity index (χ0) is 24.4. The third-order valence-electron chi connectivity index (χ3n) is 6.22. The molecule has 5 rings (SSSR count). The molecule has 2 amide bonds. The summed E-state index contributed by atoms with van der Waals surface area (Å²) in [5, 5.41) is 3.91. The summed E-state index contributed by atoms with van der Waals surface area (Å²) in [6.07, 6.45) is 7.08. The van der Waals surface area contributed by atoms with E-state index in [1.54, 1.807) is 17.0 Å². The number of nitrogens with one attached hydrogen (secondary N) is 1. The van der Waals surface area contributed by atoms with Gasteiger partial charge in [0, 0.05) is 16.6 Å². The second-order valence-corrected chi connectivity index (χ2v) is 9.52. The van der Waals surface area contributed by atoms with Crippen molar-refractivity contribution in [3.05, 3.63) is 75.4 Å². The van der Waals surface area contributed by atoms with Crippen molar-refractivity contribution in [1.82, 2.24) is 20.2 Å². The highest BCUT2D eigenvalue weighted by Crippen LogP contribution is 2.42. The van der Waals surface area contributed by atoms with Gasteiger partial charge in [0.2, 0.25) is 5.95 Å². The minimum atomic E-state index is -0.109. The Hall–Kier alpha value is -3.29. The Morgan fingerprint density at radius 1 is 1.17 bits per heavy atom. The second kappa shape index (κ2) is 10.1. The minimum Gasteiger partial charge on any atom is -0.489 e. The smallest absolute Gasteiger partial charge is 0.318 e. The Morgan fingerprint density at radius 2 is 1.97 bits per heavy atom. The highest BCUT2D eigenvalue weighted by atomic mass is 35.5. The van der Waals surface area contributed by atoms with Crippen molar-refractivity contribution in [2.75, 3.05) is 12.3 Å². The van der Waals surface area contributed by atoms with Crippen LogP contribution in [0.15, 0.2) is 48.5 Å². The summed E-state index contributed by atoms with van der Waals surface area (Å²) in [7, 11) is 0. The molecule has 180 valence electrons. The van der Waals surface area contributed by atoms with E-state index >= 15 is 0 Å². The Balaban J connectivity index is 1.42. The molecular weight excluding hydrogens is 485 g/mol. The molecule has 2 aromatic carbocycles. The fourth-order valence-corrected chi connectivity index (χ4v) is 4.79. The Bertz CT molecular complexity index is 1280. The number of nitrogen functional groups attached to an aromatic ring is 1. The number of hydrogen-bond donors (Lipinski definition) is 2. The van der Waals surface area contributed by atoms with Crippen LogP contribution in [0.25, 0.3) is 17.3 Å². The molecule has 1 aromatic heterocycles. The van der Waals surface area contributed by atoms with Crippen LogP contribution in [0.2, 0.25) is 10.0 Å². The number of halogens is 2. The van der Waals surface area contributed by atoms with Crippen LogP contribution in [0.4, 0.5) is 10.7 Å². The molecule has 7 nitrogen and oxygen atoms in total. The zero-order valence-corrected chi connectivity index (χ0v) is 20.5. The van der Waals surface area contributed by atoms with Gasteiger partial charge in [0.05, 0.1) is 35.1 Å². The SMILES string of the molecule is Nc1nc2c(c(-c3c(Cl)cc(Cl)cc3OCC=Cc3ccccc3)n1)CN(C(=O)NC1CCC1)C2. The maximum atomic E-state index is 12.8. The topological polar surface area (TPSA) is 93.4 Å². The van der Waals surface area contributed by atoms with E-state index in [1.165, 1.54) is 0 Å². The van der Waals surface area contributed by atoms with Gasteiger partial charge >= 0.3 is 6.03 Å². The van der Waals surface area contributed by atoms with Crippen molar-refractivity contribution in [3.63, 3.8) is 0 Å². The van der Waals surface area contributed by atoms with Crippen molar-refractivity contribution >= 4 is 41.3 Å². The summed E-state index contributed by atoms with van der Waals surface area (Å²) in [5.41, 5.74) is 9.77. The van der Waals surface area contributed by atoms with Crippen LogP contribution in [0.1, 0.15) is 36.1 Å². The number of nitrogens with zero attached hydrogens (tertiary/aromatic N) is 3. The molecule has 2 heterocycles. The number of nitrogens with two attached hydrogens (primary N) is 1. The van der Waals surface area contributed by atoms with Crippen LogP contribution >= 0.6 is 23.2 Å². The molecule has 1 aliphatic carbocycles. The lowest BCUT2D eigenvalue weighted by Crippen LogP contribution is -2.45. The lowest BCUT2D eigenvalue weighted by Gasteiger charge is -2.28. The predicted molar refractivity (Wildman–Crippen MR) is 138 cm³/mol. The molecule has 0 atom stereocenters. The number of hydrogen-bond acceptors (Lipinski definition) is 5. The van der Waals surface area contributed by atoms with E-state index in [2.05, 4.69) is 15.3 Å². The standard InChI is InChI=1S/C26H25Cl2N5O2/c27-17-12-20(28)23(22(13-17)35-11-5-8-16-6-2-1-3-7-16)24-19-14-33(15-21(19)31-25(29)32-24)26(34)30-18-9-4-10-18/h1-3,5-8,12-13,18H,4,9-11,14-15H2,(H,30,34)(H2,29,31,32). The number of anilines is 1. The van der Waals surface area contributed by atoms with Crippen LogP contribution in [0.3, 0.4) is 0 Å². The number of carbonyl (C=O) groups is 1. The van der Waals surface area contributed by atoms with Gasteiger partial charge in [0.25, 0.3) is 0 Å². The number of ether oxygens (including phenoxy) is 1. The molecule has 0 saturated heterocycles. The molecule has 0 unspecified atom stereocenters. The summed E-state index contributed by atoms with van der Waals surface area (Å²) in [6.45, 7) is 1.02. The number of rotatable bonds is 6. The summed E-state index contributed by atoms with van der Waals surface area (Å²) in [4.78, 5) is 23.4. The molecule has 0 spiro atoms. The van der Waals surface area contributed by atoms with Gasteiger partial charge < -0.3 is 20.7 Å². The first-order valence-corrected chi connectivity index (χ1v) is 12.3. The first-order valence-electron chi connectivity index (χ1n) is 11.5. The normalized spacial score (nSPS) is 15.2. The summed E-state index contributed by atoms with van der Waals surface area (Å²) in [5.74, 6) is 0.596. The van der Waals surface area contributed by atoms with Gasteiger partial charge in [-0.05, 0) is 43.0 Å². The van der Waals surface area contributed by atoms with Crippen molar-refractivity contribution in [3.8, 4) is 17.0 Å². The lowest BCUT2D eigenvalue weighted by atomic mass is 9.93. The van der Waals surface area contributed by atoms with Gasteiger partial charge in [-0.1, -0.05) is 59.6 Å². The van der Waals surface area contributed by atoms with Crippen molar-refractivity contribution in [1.29, 1.82) is 0 Å². The number of fused-ring (bicyclic) bond motifs is 1. The molecule has 35 heavy (non-hydrogen) atoms. The fourth-order valence-electron chi connectivity index (χ4n) is 4.22. The van der Waals surface area contributed by atoms with Crippen molar-refractivity contribution < 1.29 is 9.53 Å². The molecule has 0 bridgehead atoms. The van der Waals surface area contributed by atoms with E-state index in [0.29, 0.717) is 52.4 Å². The number of benzene rings is 2. The van der Waals surface area contributed by atoms with Gasteiger partial charge in [0.1, 0.15) is 12.4 Å². The maximum absolute atomic E-state index is 12.8. The molecule has 2 aliphatic rings. The number of amides is 2. The molecule has 1 saturated carbocycles. The molecule has 1 aliphatic heterocycles. The highest BCUT2D eigenvalue weighted by Gasteiger charge is 2.32. The van der Waals surface area contributed by atoms with Gasteiger partial charge in [0.15, 0.2) is 0 Å².